The van der Waals surface area contributed by atoms with Gasteiger partial charge in [-0.2, -0.15) is 12.6 Å². The molecule has 16 heteroatoms. The summed E-state index contributed by atoms with van der Waals surface area (Å²) >= 11 is 17.2. The Morgan fingerprint density at radius 3 is 1.39 bits per heavy atom. The van der Waals surface area contributed by atoms with Crippen molar-refractivity contribution in [2.24, 2.45) is 17.8 Å². The topological polar surface area (TPSA) is 165 Å². The molecule has 0 radical (unpaired) electrons. The van der Waals surface area contributed by atoms with Gasteiger partial charge in [0, 0.05) is 5.69 Å². The second-order valence-electron chi connectivity index (χ2n) is 9.23. The van der Waals surface area contributed by atoms with Gasteiger partial charge in [-0.15, -0.1) is 0 Å². The number of rotatable bonds is 7. The van der Waals surface area contributed by atoms with E-state index in [1.807, 2.05) is 13.8 Å². The van der Waals surface area contributed by atoms with E-state index in [2.05, 4.69) is 63.2 Å². The van der Waals surface area contributed by atoms with Crippen molar-refractivity contribution in [3.8, 4) is 0 Å². The molecular weight excluding hydrogens is 686 g/mol. The Balaban J connectivity index is -0.000000144. The Labute approximate surface area is 352 Å². The summed E-state index contributed by atoms with van der Waals surface area (Å²) in [7, 11) is -4.28. The molecule has 2 aromatic rings. The summed E-state index contributed by atoms with van der Waals surface area (Å²) in [6, 6.07) is 11.6. The van der Waals surface area contributed by atoms with E-state index in [0.717, 1.165) is 18.5 Å². The fourth-order valence-corrected chi connectivity index (χ4v) is 3.23. The maximum atomic E-state index is 8.87. The summed E-state index contributed by atoms with van der Waals surface area (Å²) < 4.78 is 11.3. The van der Waals surface area contributed by atoms with E-state index in [1.165, 1.54) is 74.3 Å². The van der Waals surface area contributed by atoms with Gasteiger partial charge in [-0.25, -0.2) is 4.67 Å². The Bertz CT molecular complexity index is 858. The van der Waals surface area contributed by atoms with Gasteiger partial charge in [-0.05, 0) is 71.0 Å². The third-order valence-corrected chi connectivity index (χ3v) is 5.07. The number of hydrogen-bond acceptors (Lipinski definition) is 9. The van der Waals surface area contributed by atoms with Crippen LogP contribution in [0.3, 0.4) is 0 Å². The van der Waals surface area contributed by atoms with Crippen molar-refractivity contribution in [3.05, 3.63) is 57.6 Å². The van der Waals surface area contributed by atoms with Gasteiger partial charge in [-0.1, -0.05) is 89.0 Å². The fourth-order valence-electron chi connectivity index (χ4n) is 2.83. The molecule has 0 aromatic heterocycles. The first-order valence-corrected chi connectivity index (χ1v) is 31.7. The van der Waals surface area contributed by atoms with Gasteiger partial charge < -0.3 is 31.7 Å². The Morgan fingerprint density at radius 2 is 1.20 bits per heavy atom. The first-order valence-electron chi connectivity index (χ1n) is 12.9. The van der Waals surface area contributed by atoms with Crippen LogP contribution in [0, 0.1) is 17.8 Å². The molecule has 0 saturated carbocycles. The molecule has 0 aliphatic rings. The van der Waals surface area contributed by atoms with Gasteiger partial charge in [-0.3, -0.25) is 0 Å². The molecule has 1 unspecified atom stereocenters. The third-order valence-electron chi connectivity index (χ3n) is 4.29. The quantitative estimate of drug-likeness (QED) is 0.0714. The molecule has 0 bridgehead atoms. The summed E-state index contributed by atoms with van der Waals surface area (Å²) in [6.07, 6.45) is 4.33. The second kappa shape index (κ2) is 36.7. The van der Waals surface area contributed by atoms with Crippen molar-refractivity contribution in [2.45, 2.75) is 60.7 Å². The maximum absolute atomic E-state index is 8.87. The van der Waals surface area contributed by atoms with E-state index in [0.29, 0.717) is 39.8 Å². The standard InChI is InChI=1S/C14H23N.C6H5Cl2N.C4H11BO2.CH4S.3K.HO4P/c1-10(2)8-12-6-5-7-13(14(12)15)9-11(3)4;7-4-2-1-3-5(8)6(4)9;1-4(2)3-5(6)7;1-2;;;;1-4-5(2)3/h5-7,10-11H,8-9,15H2,1-4H3;1-3H,9H2;4,6-7H,3H2,1-2H3;2H,1H3;;;;1H/q;;;;;;+1;/p-1. The zero-order valence-corrected chi connectivity index (χ0v) is 38.9. The minimum absolute atomic E-state index is 0. The van der Waals surface area contributed by atoms with Crippen LogP contribution in [0.5, 0.6) is 0 Å². The van der Waals surface area contributed by atoms with Crippen molar-refractivity contribution < 1.29 is 80.8 Å². The summed E-state index contributed by atoms with van der Waals surface area (Å²) in [5.74, 6) is 1.71. The SMILES string of the molecule is CC(C)CB(O)O.CC(C)Cc1cccc(CC(C)C)c1N.CS.Nc1c(Cl)cccc1Cl.O=[P+]([O-])O[O-].[K+].[K][K]. The minimum atomic E-state index is -3.15. The van der Waals surface area contributed by atoms with E-state index in [1.54, 1.807) is 24.5 Å². The average molecular weight is 730 g/mol. The van der Waals surface area contributed by atoms with Gasteiger partial charge in [0.25, 0.3) is 0 Å². The number of halogens is 2. The first kappa shape index (κ1) is 54.3. The van der Waals surface area contributed by atoms with Gasteiger partial charge >= 0.3 is 130 Å². The van der Waals surface area contributed by atoms with Crippen molar-refractivity contribution in [2.75, 3.05) is 17.7 Å². The molecule has 0 aliphatic heterocycles. The molecular formula is C25H43BCl2K3N2O6PS. The predicted molar refractivity (Wildman–Crippen MR) is 174 cm³/mol. The summed E-state index contributed by atoms with van der Waals surface area (Å²) in [5.41, 5.74) is 15.7. The third kappa shape index (κ3) is 36.5. The first-order chi connectivity index (χ1) is 18.6. The van der Waals surface area contributed by atoms with Crippen LogP contribution in [-0.2, 0) is 22.1 Å². The molecule has 0 saturated heterocycles. The van der Waals surface area contributed by atoms with Crippen LogP contribution in [0.4, 0.5) is 11.4 Å². The summed E-state index contributed by atoms with van der Waals surface area (Å²) in [6.45, 7) is 12.8. The molecule has 220 valence electrons. The molecule has 1 atom stereocenters. The van der Waals surface area contributed by atoms with Crippen LogP contribution in [0.25, 0.3) is 0 Å². The number of benzene rings is 2. The second-order valence-corrected chi connectivity index (χ2v) is 10.6. The molecule has 2 rings (SSSR count). The van der Waals surface area contributed by atoms with Crippen LogP contribution in [-0.4, -0.2) is 86.6 Å². The van der Waals surface area contributed by atoms with E-state index in [9.17, 15) is 0 Å². The Hall–Kier alpha value is 3.84. The summed E-state index contributed by atoms with van der Waals surface area (Å²) in [4.78, 5) is 8.87. The molecule has 41 heavy (non-hydrogen) atoms. The fraction of sp³-hybridized carbons (Fsp3) is 0.520. The van der Waals surface area contributed by atoms with Gasteiger partial charge in [0.05, 0.1) is 15.7 Å². The normalized spacial score (nSPS) is 9.63. The summed E-state index contributed by atoms with van der Waals surface area (Å²) in [5, 5.41) is 26.1. The van der Waals surface area contributed by atoms with Crippen molar-refractivity contribution >= 4 is 126 Å². The number of nitrogen functional groups attached to an aromatic ring is 2. The number of anilines is 2. The van der Waals surface area contributed by atoms with Crippen LogP contribution in [0.15, 0.2) is 36.4 Å². The van der Waals surface area contributed by atoms with Gasteiger partial charge in [0.1, 0.15) is 0 Å². The number of para-hydroxylation sites is 2. The molecule has 0 spiro atoms. The molecule has 0 heterocycles. The van der Waals surface area contributed by atoms with Crippen LogP contribution in [0.1, 0.15) is 52.7 Å². The molecule has 0 amide bonds. The van der Waals surface area contributed by atoms with Gasteiger partial charge in [0.15, 0.2) is 0 Å². The molecule has 8 nitrogen and oxygen atoms in total. The van der Waals surface area contributed by atoms with E-state index in [4.69, 9.17) is 59.4 Å². The molecule has 6 N–H and O–H groups in total. The zero-order chi connectivity index (χ0) is 32.4. The van der Waals surface area contributed by atoms with Gasteiger partial charge in [0.2, 0.25) is 0 Å². The van der Waals surface area contributed by atoms with Crippen molar-refractivity contribution in [3.63, 3.8) is 0 Å². The van der Waals surface area contributed by atoms with Crippen LogP contribution in [0.2, 0.25) is 16.4 Å². The zero-order valence-electron chi connectivity index (χ0n) is 26.2. The van der Waals surface area contributed by atoms with Crippen LogP contribution < -0.4 is 73.0 Å². The monoisotopic (exact) mass is 728 g/mol. The molecule has 0 aliphatic carbocycles. The average Bonchev–Trinajstić information content (AvgIpc) is 2.87. The Morgan fingerprint density at radius 1 is 0.878 bits per heavy atom. The molecule has 2 aromatic carbocycles. The van der Waals surface area contributed by atoms with Crippen molar-refractivity contribution in [1.82, 2.24) is 0 Å². The van der Waals surface area contributed by atoms with E-state index < -0.39 is 15.4 Å². The van der Waals surface area contributed by atoms with Crippen LogP contribution >= 0.6 is 44.1 Å². The Kier molecular flexibility index (Phi) is 48.6. The predicted octanol–water partition coefficient (Wildman–Crippen LogP) is 1.44. The molecule has 0 fully saturated rings. The number of thiol groups is 1. The van der Waals surface area contributed by atoms with Crippen molar-refractivity contribution in [1.29, 1.82) is 0 Å². The number of nitrogens with two attached hydrogens (primary N) is 2. The number of hydrogen-bond donors (Lipinski definition) is 5. The van der Waals surface area contributed by atoms with E-state index in [-0.39, 0.29) is 51.4 Å². The van der Waals surface area contributed by atoms with E-state index >= 15 is 0 Å².